The third-order valence-corrected chi connectivity index (χ3v) is 3.39. The smallest absolute Gasteiger partial charge is 0.248 e. The van der Waals surface area contributed by atoms with Gasteiger partial charge in [-0.1, -0.05) is 12.1 Å². The second-order valence-electron chi connectivity index (χ2n) is 4.57. The van der Waals surface area contributed by atoms with Gasteiger partial charge in [0.2, 0.25) is 11.8 Å². The summed E-state index contributed by atoms with van der Waals surface area (Å²) >= 11 is 4.27. The molecule has 1 aromatic rings. The summed E-state index contributed by atoms with van der Waals surface area (Å²) in [5.41, 5.74) is 5.68. The lowest BCUT2D eigenvalue weighted by molar-refractivity contribution is -0.121. The number of ether oxygens (including phenoxy) is 1. The first-order chi connectivity index (χ1) is 10.5. The number of nitrogens with two attached hydrogens (primary N) is 1. The summed E-state index contributed by atoms with van der Waals surface area (Å²) in [7, 11) is 0. The molecule has 0 radical (unpaired) electrons. The Morgan fingerprint density at radius 2 is 2.18 bits per heavy atom. The number of para-hydroxylation sites is 1. The number of rotatable bonds is 6. The van der Waals surface area contributed by atoms with Gasteiger partial charge in [-0.3, -0.25) is 9.59 Å². The van der Waals surface area contributed by atoms with E-state index in [0.29, 0.717) is 17.0 Å². The van der Waals surface area contributed by atoms with Crippen molar-refractivity contribution in [2.24, 2.45) is 5.73 Å². The predicted molar refractivity (Wildman–Crippen MR) is 83.8 cm³/mol. The molecule has 0 aromatic heterocycles. The van der Waals surface area contributed by atoms with E-state index >= 15 is 0 Å². The molecular formula is C14H17N3O4S. The van der Waals surface area contributed by atoms with Crippen molar-refractivity contribution < 1.29 is 19.4 Å². The number of carbonyl (C=O) groups excluding carboxylic acids is 2. The van der Waals surface area contributed by atoms with Gasteiger partial charge >= 0.3 is 0 Å². The molecular weight excluding hydrogens is 306 g/mol. The lowest BCUT2D eigenvalue weighted by Crippen LogP contribution is -2.49. The highest BCUT2D eigenvalue weighted by Crippen LogP contribution is 2.31. The summed E-state index contributed by atoms with van der Waals surface area (Å²) in [6.07, 6.45) is 1.36. The molecule has 1 aliphatic rings. The van der Waals surface area contributed by atoms with Crippen molar-refractivity contribution in [2.45, 2.75) is 5.50 Å². The van der Waals surface area contributed by atoms with Gasteiger partial charge in [0, 0.05) is 11.6 Å². The molecule has 118 valence electrons. The van der Waals surface area contributed by atoms with Gasteiger partial charge in [-0.2, -0.15) is 0 Å². The number of amides is 2. The average molecular weight is 323 g/mol. The van der Waals surface area contributed by atoms with E-state index in [0.717, 1.165) is 0 Å². The minimum absolute atomic E-state index is 0.103. The van der Waals surface area contributed by atoms with Gasteiger partial charge in [0.15, 0.2) is 0 Å². The number of aliphatic hydroxyl groups is 1. The molecule has 2 amide bonds. The van der Waals surface area contributed by atoms with Crippen molar-refractivity contribution in [3.8, 4) is 5.75 Å². The third kappa shape index (κ3) is 3.71. The zero-order valence-corrected chi connectivity index (χ0v) is 12.6. The fourth-order valence-electron chi connectivity index (χ4n) is 2.12. The minimum Gasteiger partial charge on any atom is -0.490 e. The molecule has 0 fully saturated rings. The highest BCUT2D eigenvalue weighted by atomic mass is 32.1. The molecule has 2 rings (SSSR count). The van der Waals surface area contributed by atoms with Crippen molar-refractivity contribution in [1.82, 2.24) is 10.2 Å². The number of aliphatic hydroxyl groups excluding tert-OH is 1. The molecule has 1 aliphatic heterocycles. The van der Waals surface area contributed by atoms with Crippen LogP contribution in [0.2, 0.25) is 0 Å². The maximum Gasteiger partial charge on any atom is 0.248 e. The Morgan fingerprint density at radius 1 is 1.45 bits per heavy atom. The van der Waals surface area contributed by atoms with E-state index in [-0.39, 0.29) is 25.7 Å². The van der Waals surface area contributed by atoms with Gasteiger partial charge in [-0.05, 0) is 12.1 Å². The Labute approximate surface area is 133 Å². The topological polar surface area (TPSA) is 105 Å². The average Bonchev–Trinajstić information content (AvgIpc) is 2.47. The Kier molecular flexibility index (Phi) is 5.29. The highest BCUT2D eigenvalue weighted by Gasteiger charge is 2.28. The fraction of sp³-hybridized carbons (Fsp3) is 0.286. The molecule has 1 unspecified atom stereocenters. The summed E-state index contributed by atoms with van der Waals surface area (Å²) in [6, 6.07) is 7.03. The van der Waals surface area contributed by atoms with Crippen LogP contribution in [0.1, 0.15) is 5.56 Å². The van der Waals surface area contributed by atoms with E-state index in [2.05, 4.69) is 17.9 Å². The molecule has 0 aliphatic carbocycles. The lowest BCUT2D eigenvalue weighted by Gasteiger charge is -2.35. The van der Waals surface area contributed by atoms with Crippen LogP contribution in [0.3, 0.4) is 0 Å². The molecule has 4 N–H and O–H groups in total. The number of primary amides is 1. The minimum atomic E-state index is -0.675. The number of carbonyl (C=O) groups is 2. The first-order valence-electron chi connectivity index (χ1n) is 6.61. The molecule has 22 heavy (non-hydrogen) atoms. The normalized spacial score (nSPS) is 17.7. The van der Waals surface area contributed by atoms with Crippen molar-refractivity contribution >= 4 is 30.1 Å². The van der Waals surface area contributed by atoms with Gasteiger partial charge in [0.1, 0.15) is 17.9 Å². The predicted octanol–water partition coefficient (Wildman–Crippen LogP) is -0.471. The largest absolute Gasteiger partial charge is 0.490 e. The lowest BCUT2D eigenvalue weighted by atomic mass is 10.1. The van der Waals surface area contributed by atoms with Crippen molar-refractivity contribution in [3.05, 3.63) is 35.9 Å². The van der Waals surface area contributed by atoms with Gasteiger partial charge in [0.25, 0.3) is 0 Å². The number of hydrogen-bond donors (Lipinski definition) is 4. The van der Waals surface area contributed by atoms with Crippen LogP contribution in [0.15, 0.2) is 30.3 Å². The van der Waals surface area contributed by atoms with Crippen LogP contribution in [-0.2, 0) is 9.59 Å². The molecule has 0 spiro atoms. The standard InChI is InChI=1S/C14H17N3O4S/c15-12(19)8-17-10(7-13(20)16-14(17)22)9-3-1-2-4-11(9)21-6-5-18/h1-4,7,14,18,22H,5-6,8H2,(H2,15,19)(H,16,20). The zero-order chi connectivity index (χ0) is 16.1. The van der Waals surface area contributed by atoms with Crippen molar-refractivity contribution in [1.29, 1.82) is 0 Å². The quantitative estimate of drug-likeness (QED) is 0.530. The van der Waals surface area contributed by atoms with E-state index in [1.807, 2.05) is 0 Å². The van der Waals surface area contributed by atoms with E-state index in [9.17, 15) is 9.59 Å². The summed E-state index contributed by atoms with van der Waals surface area (Å²) in [5, 5.41) is 11.5. The monoisotopic (exact) mass is 323 g/mol. The van der Waals surface area contributed by atoms with Crippen LogP contribution in [0, 0.1) is 0 Å². The number of nitrogens with zero attached hydrogens (tertiary/aromatic N) is 1. The van der Waals surface area contributed by atoms with Crippen LogP contribution in [0.4, 0.5) is 0 Å². The molecule has 0 bridgehead atoms. The first-order valence-corrected chi connectivity index (χ1v) is 7.13. The Bertz CT molecular complexity index is 606. The summed E-state index contributed by atoms with van der Waals surface area (Å²) < 4.78 is 5.47. The second-order valence-corrected chi connectivity index (χ2v) is 5.06. The zero-order valence-electron chi connectivity index (χ0n) is 11.7. The molecule has 1 aromatic carbocycles. The Hall–Kier alpha value is -2.19. The molecule has 0 saturated carbocycles. The molecule has 1 atom stereocenters. The van der Waals surface area contributed by atoms with Crippen LogP contribution in [0.25, 0.3) is 5.70 Å². The van der Waals surface area contributed by atoms with Crippen LogP contribution in [0.5, 0.6) is 5.75 Å². The number of hydrogen-bond acceptors (Lipinski definition) is 6. The van der Waals surface area contributed by atoms with E-state index in [1.54, 1.807) is 29.2 Å². The summed E-state index contributed by atoms with van der Waals surface area (Å²) in [4.78, 5) is 24.6. The van der Waals surface area contributed by atoms with Crippen molar-refractivity contribution in [3.63, 3.8) is 0 Å². The van der Waals surface area contributed by atoms with Gasteiger partial charge in [0.05, 0.1) is 18.8 Å². The first kappa shape index (κ1) is 16.2. The number of thiol groups is 1. The molecule has 1 heterocycles. The van der Waals surface area contributed by atoms with Crippen LogP contribution >= 0.6 is 12.6 Å². The maximum atomic E-state index is 11.8. The SMILES string of the molecule is NC(=O)CN1C(c2ccccc2OCCO)=CC(=O)NC1S. The summed E-state index contributed by atoms with van der Waals surface area (Å²) in [6.45, 7) is -0.112. The molecule has 7 nitrogen and oxygen atoms in total. The number of benzene rings is 1. The van der Waals surface area contributed by atoms with Gasteiger partial charge < -0.3 is 25.8 Å². The van der Waals surface area contributed by atoms with E-state index in [1.165, 1.54) is 6.08 Å². The molecule has 8 heteroatoms. The second kappa shape index (κ2) is 7.19. The fourth-order valence-corrected chi connectivity index (χ4v) is 2.45. The maximum absolute atomic E-state index is 11.8. The Balaban J connectivity index is 2.42. The van der Waals surface area contributed by atoms with Crippen LogP contribution in [-0.4, -0.2) is 47.1 Å². The third-order valence-electron chi connectivity index (χ3n) is 2.98. The Morgan fingerprint density at radius 3 is 2.86 bits per heavy atom. The molecule has 0 saturated heterocycles. The van der Waals surface area contributed by atoms with Crippen molar-refractivity contribution in [2.75, 3.05) is 19.8 Å². The van der Waals surface area contributed by atoms with Gasteiger partial charge in [-0.25, -0.2) is 0 Å². The van der Waals surface area contributed by atoms with E-state index < -0.39 is 11.4 Å². The van der Waals surface area contributed by atoms with Gasteiger partial charge in [-0.15, -0.1) is 12.6 Å². The van der Waals surface area contributed by atoms with Crippen LogP contribution < -0.4 is 15.8 Å². The highest BCUT2D eigenvalue weighted by molar-refractivity contribution is 7.80. The van der Waals surface area contributed by atoms with E-state index in [4.69, 9.17) is 15.6 Å². The number of nitrogens with one attached hydrogen (secondary N) is 1. The summed E-state index contributed by atoms with van der Waals surface area (Å²) in [5.74, 6) is -0.380.